The molecule has 0 aliphatic carbocycles. The minimum Gasteiger partial charge on any atom is -0.220 e. The molecule has 0 N–H and O–H groups in total. The van der Waals surface area contributed by atoms with E-state index in [2.05, 4.69) is 15.1 Å². The molecule has 4 nitrogen and oxygen atoms in total. The third-order valence-electron chi connectivity index (χ3n) is 3.14. The van der Waals surface area contributed by atoms with Gasteiger partial charge in [0, 0.05) is 11.0 Å². The Morgan fingerprint density at radius 1 is 1.00 bits per heavy atom. The Kier molecular flexibility index (Phi) is 3.82. The van der Waals surface area contributed by atoms with E-state index in [0.717, 1.165) is 17.0 Å². The Balaban J connectivity index is 2.73. The summed E-state index contributed by atoms with van der Waals surface area (Å²) in [5.41, 5.74) is 2.23. The van der Waals surface area contributed by atoms with Crippen LogP contribution < -0.4 is 0 Å². The number of nitrogens with zero attached hydrogens (tertiary/aromatic N) is 4. The Bertz CT molecular complexity index is 669. The lowest BCUT2D eigenvalue weighted by atomic mass is 9.95. The van der Waals surface area contributed by atoms with E-state index in [0.29, 0.717) is 21.8 Å². The number of aryl methyl sites for hydroxylation is 1. The minimum atomic E-state index is -0.189. The van der Waals surface area contributed by atoms with Crippen molar-refractivity contribution in [3.05, 3.63) is 33.0 Å². The van der Waals surface area contributed by atoms with Crippen molar-refractivity contribution in [1.82, 2.24) is 19.7 Å². The maximum Gasteiger partial charge on any atom is 0.161 e. The van der Waals surface area contributed by atoms with Crippen molar-refractivity contribution in [2.45, 2.75) is 47.0 Å². The van der Waals surface area contributed by atoms with Crippen molar-refractivity contribution < 1.29 is 0 Å². The van der Waals surface area contributed by atoms with Gasteiger partial charge in [0.1, 0.15) is 11.0 Å². The lowest BCUT2D eigenvalue weighted by Crippen LogP contribution is -2.19. The maximum atomic E-state index is 6.25. The van der Waals surface area contributed by atoms with E-state index >= 15 is 0 Å². The number of hydrogen-bond donors (Lipinski definition) is 0. The highest BCUT2D eigenvalue weighted by atomic mass is 35.5. The molecule has 0 bridgehead atoms. The molecule has 0 spiro atoms. The zero-order valence-corrected chi connectivity index (χ0v) is 14.1. The topological polar surface area (TPSA) is 43.6 Å². The predicted octanol–water partition coefficient (Wildman–Crippen LogP) is 4.19. The molecule has 0 radical (unpaired) electrons. The van der Waals surface area contributed by atoms with Gasteiger partial charge in [0.25, 0.3) is 0 Å². The average Bonchev–Trinajstić information content (AvgIpc) is 2.59. The van der Waals surface area contributed by atoms with Crippen molar-refractivity contribution in [2.24, 2.45) is 0 Å². The molecule has 6 heteroatoms. The number of halogens is 2. The summed E-state index contributed by atoms with van der Waals surface area (Å²) in [6, 6.07) is 0. The number of hydrogen-bond acceptors (Lipinski definition) is 3. The second kappa shape index (κ2) is 5.01. The van der Waals surface area contributed by atoms with Gasteiger partial charge in [0.2, 0.25) is 0 Å². The van der Waals surface area contributed by atoms with Crippen molar-refractivity contribution in [3.63, 3.8) is 0 Å². The van der Waals surface area contributed by atoms with Gasteiger partial charge in [-0.2, -0.15) is 5.10 Å². The molecule has 20 heavy (non-hydrogen) atoms. The molecular formula is C14H18Cl2N4. The fourth-order valence-electron chi connectivity index (χ4n) is 1.85. The lowest BCUT2D eigenvalue weighted by molar-refractivity contribution is 0.540. The second-order valence-corrected chi connectivity index (χ2v) is 6.67. The van der Waals surface area contributed by atoms with Gasteiger partial charge in [-0.3, -0.25) is 0 Å². The van der Waals surface area contributed by atoms with Crippen LogP contribution in [0.4, 0.5) is 0 Å². The summed E-state index contributed by atoms with van der Waals surface area (Å²) in [6.45, 7) is 11.8. The summed E-state index contributed by atoms with van der Waals surface area (Å²) in [7, 11) is 0. The fraction of sp³-hybridized carbons (Fsp3) is 0.500. The average molecular weight is 313 g/mol. The van der Waals surface area contributed by atoms with E-state index in [1.807, 2.05) is 41.5 Å². The van der Waals surface area contributed by atoms with Crippen LogP contribution in [0.2, 0.25) is 10.2 Å². The molecule has 2 heterocycles. The first-order chi connectivity index (χ1) is 9.12. The quantitative estimate of drug-likeness (QED) is 0.741. The summed E-state index contributed by atoms with van der Waals surface area (Å²) in [5, 5.41) is 5.54. The van der Waals surface area contributed by atoms with Crippen LogP contribution in [0.5, 0.6) is 0 Å². The third-order valence-corrected chi connectivity index (χ3v) is 4.05. The van der Waals surface area contributed by atoms with Crippen molar-refractivity contribution in [1.29, 1.82) is 0 Å². The van der Waals surface area contributed by atoms with Crippen LogP contribution in [-0.4, -0.2) is 19.7 Å². The standard InChI is InChI=1S/C14H18Cl2N4/c1-7-11(16)17-13(14(4,5)6)18-12(7)20-9(3)10(15)8(2)19-20/h1-6H3. The van der Waals surface area contributed by atoms with Gasteiger partial charge < -0.3 is 0 Å². The third kappa shape index (κ3) is 2.54. The SMILES string of the molecule is Cc1nn(-c2nc(C(C)(C)C)nc(Cl)c2C)c(C)c1Cl. The molecule has 2 aromatic heterocycles. The predicted molar refractivity (Wildman–Crippen MR) is 82.1 cm³/mol. The Morgan fingerprint density at radius 3 is 2.05 bits per heavy atom. The Hall–Kier alpha value is -1.13. The van der Waals surface area contributed by atoms with Crippen LogP contribution in [0.15, 0.2) is 0 Å². The van der Waals surface area contributed by atoms with E-state index in [4.69, 9.17) is 23.2 Å². The van der Waals surface area contributed by atoms with Gasteiger partial charge >= 0.3 is 0 Å². The van der Waals surface area contributed by atoms with E-state index in [1.165, 1.54) is 0 Å². The van der Waals surface area contributed by atoms with Gasteiger partial charge in [-0.05, 0) is 20.8 Å². The molecule has 0 saturated carbocycles. The van der Waals surface area contributed by atoms with Crippen LogP contribution >= 0.6 is 23.2 Å². The molecule has 2 rings (SSSR count). The lowest BCUT2D eigenvalue weighted by Gasteiger charge is -2.19. The monoisotopic (exact) mass is 312 g/mol. The van der Waals surface area contributed by atoms with E-state index < -0.39 is 0 Å². The molecule has 2 aromatic rings. The summed E-state index contributed by atoms with van der Waals surface area (Å²) in [6.07, 6.45) is 0. The van der Waals surface area contributed by atoms with Crippen molar-refractivity contribution in [2.75, 3.05) is 0 Å². The van der Waals surface area contributed by atoms with Gasteiger partial charge in [-0.25, -0.2) is 14.6 Å². The van der Waals surface area contributed by atoms with E-state index in [-0.39, 0.29) is 5.41 Å². The first-order valence-corrected chi connectivity index (χ1v) is 7.15. The van der Waals surface area contributed by atoms with Crippen molar-refractivity contribution >= 4 is 23.2 Å². The smallest absolute Gasteiger partial charge is 0.161 e. The van der Waals surface area contributed by atoms with Crippen molar-refractivity contribution in [3.8, 4) is 5.82 Å². The highest BCUT2D eigenvalue weighted by Gasteiger charge is 2.23. The summed E-state index contributed by atoms with van der Waals surface area (Å²) >= 11 is 12.5. The van der Waals surface area contributed by atoms with Crippen LogP contribution in [0.1, 0.15) is 43.5 Å². The molecule has 0 saturated heterocycles. The molecule has 0 unspecified atom stereocenters. The highest BCUT2D eigenvalue weighted by molar-refractivity contribution is 6.32. The van der Waals surface area contributed by atoms with Gasteiger partial charge in [0.05, 0.1) is 16.4 Å². The van der Waals surface area contributed by atoms with Crippen LogP contribution in [-0.2, 0) is 5.41 Å². The normalized spacial score (nSPS) is 12.0. The van der Waals surface area contributed by atoms with Crippen LogP contribution in [0.3, 0.4) is 0 Å². The van der Waals surface area contributed by atoms with Gasteiger partial charge in [-0.1, -0.05) is 44.0 Å². The second-order valence-electron chi connectivity index (χ2n) is 5.93. The highest BCUT2D eigenvalue weighted by Crippen LogP contribution is 2.28. The minimum absolute atomic E-state index is 0.189. The first kappa shape index (κ1) is 15.3. The molecule has 0 aliphatic heterocycles. The molecule has 0 amide bonds. The van der Waals surface area contributed by atoms with Crippen LogP contribution in [0, 0.1) is 20.8 Å². The van der Waals surface area contributed by atoms with Gasteiger partial charge in [-0.15, -0.1) is 0 Å². The molecule has 0 fully saturated rings. The van der Waals surface area contributed by atoms with E-state index in [9.17, 15) is 0 Å². The first-order valence-electron chi connectivity index (χ1n) is 6.39. The summed E-state index contributed by atoms with van der Waals surface area (Å²) in [4.78, 5) is 9.01. The molecule has 108 valence electrons. The van der Waals surface area contributed by atoms with Gasteiger partial charge in [0.15, 0.2) is 5.82 Å². The molecule has 0 aromatic carbocycles. The summed E-state index contributed by atoms with van der Waals surface area (Å²) in [5.74, 6) is 1.37. The summed E-state index contributed by atoms with van der Waals surface area (Å²) < 4.78 is 1.73. The zero-order chi connectivity index (χ0) is 15.2. The number of rotatable bonds is 1. The number of aromatic nitrogens is 4. The Labute approximate surface area is 129 Å². The molecule has 0 aliphatic rings. The fourth-order valence-corrected chi connectivity index (χ4v) is 2.13. The molecule has 0 atom stereocenters. The zero-order valence-electron chi connectivity index (χ0n) is 12.5. The maximum absolute atomic E-state index is 6.25. The largest absolute Gasteiger partial charge is 0.220 e. The Morgan fingerprint density at radius 2 is 1.60 bits per heavy atom. The van der Waals surface area contributed by atoms with Crippen LogP contribution in [0.25, 0.3) is 5.82 Å². The van der Waals surface area contributed by atoms with E-state index in [1.54, 1.807) is 4.68 Å². The molecular weight excluding hydrogens is 295 g/mol.